The van der Waals surface area contributed by atoms with Gasteiger partial charge in [0.15, 0.2) is 0 Å². The Hall–Kier alpha value is -2.43. The van der Waals surface area contributed by atoms with Crippen LogP contribution in [0.3, 0.4) is 0 Å². The van der Waals surface area contributed by atoms with Gasteiger partial charge in [-0.25, -0.2) is 4.39 Å². The Balaban J connectivity index is 1.69. The van der Waals surface area contributed by atoms with Gasteiger partial charge in [0.1, 0.15) is 5.82 Å². The minimum Gasteiger partial charge on any atom is -0.395 e. The van der Waals surface area contributed by atoms with Crippen molar-refractivity contribution in [1.82, 2.24) is 10.3 Å². The monoisotopic (exact) mass is 352 g/mol. The number of aryl methyl sites for hydroxylation is 1. The molecule has 0 saturated carbocycles. The van der Waals surface area contributed by atoms with Crippen molar-refractivity contribution in [1.29, 1.82) is 0 Å². The predicted molar refractivity (Wildman–Crippen MR) is 106 cm³/mol. The Bertz CT molecular complexity index is 898. The van der Waals surface area contributed by atoms with Crippen molar-refractivity contribution < 1.29 is 9.50 Å². The largest absolute Gasteiger partial charge is 0.395 e. The summed E-state index contributed by atoms with van der Waals surface area (Å²) in [7, 11) is 0. The lowest BCUT2D eigenvalue weighted by atomic mass is 10.00. The molecular weight excluding hydrogens is 327 g/mol. The molecule has 0 aliphatic heterocycles. The molecule has 0 bridgehead atoms. The zero-order valence-corrected chi connectivity index (χ0v) is 15.1. The van der Waals surface area contributed by atoms with Crippen molar-refractivity contribution in [3.05, 3.63) is 71.7 Å². The molecule has 3 aromatic rings. The second-order valence-electron chi connectivity index (χ2n) is 6.58. The van der Waals surface area contributed by atoms with Crippen molar-refractivity contribution in [3.63, 3.8) is 0 Å². The third kappa shape index (κ3) is 4.59. The Morgan fingerprint density at radius 1 is 1.23 bits per heavy atom. The van der Waals surface area contributed by atoms with Gasteiger partial charge in [-0.2, -0.15) is 0 Å². The van der Waals surface area contributed by atoms with Crippen molar-refractivity contribution in [2.45, 2.75) is 19.8 Å². The van der Waals surface area contributed by atoms with E-state index in [0.29, 0.717) is 6.54 Å². The van der Waals surface area contributed by atoms with Gasteiger partial charge in [0.05, 0.1) is 6.61 Å². The lowest BCUT2D eigenvalue weighted by Gasteiger charge is -2.05. The molecule has 2 aromatic carbocycles. The van der Waals surface area contributed by atoms with Crippen LogP contribution in [0.2, 0.25) is 0 Å². The van der Waals surface area contributed by atoms with Crippen LogP contribution in [-0.4, -0.2) is 29.8 Å². The molecule has 0 radical (unpaired) electrons. The zero-order chi connectivity index (χ0) is 18.4. The number of benzene rings is 2. The maximum Gasteiger partial charge on any atom is 0.125 e. The maximum atomic E-state index is 13.4. The van der Waals surface area contributed by atoms with Crippen molar-refractivity contribution in [2.75, 3.05) is 19.7 Å². The zero-order valence-electron chi connectivity index (χ0n) is 15.1. The highest BCUT2D eigenvalue weighted by Crippen LogP contribution is 2.29. The molecule has 26 heavy (non-hydrogen) atoms. The van der Waals surface area contributed by atoms with Crippen LogP contribution in [0.15, 0.2) is 60.3 Å². The van der Waals surface area contributed by atoms with E-state index >= 15 is 0 Å². The average Bonchev–Trinajstić information content (AvgIpc) is 3.05. The molecule has 0 aliphatic carbocycles. The first kappa shape index (κ1) is 18.4. The summed E-state index contributed by atoms with van der Waals surface area (Å²) in [6.45, 7) is 3.71. The lowest BCUT2D eigenvalue weighted by molar-refractivity contribution is 0.294. The summed E-state index contributed by atoms with van der Waals surface area (Å²) in [5, 5.41) is 13.0. The van der Waals surface area contributed by atoms with E-state index in [1.165, 1.54) is 23.3 Å². The molecule has 0 aliphatic rings. The van der Waals surface area contributed by atoms with Crippen LogP contribution in [0.25, 0.3) is 22.0 Å². The van der Waals surface area contributed by atoms with E-state index in [1.54, 1.807) is 0 Å². The Labute approximate surface area is 153 Å². The van der Waals surface area contributed by atoms with Crippen LogP contribution in [-0.2, 0) is 6.42 Å². The summed E-state index contributed by atoms with van der Waals surface area (Å²) in [5.41, 5.74) is 5.63. The number of hydrogen-bond donors (Lipinski definition) is 3. The van der Waals surface area contributed by atoms with E-state index in [1.807, 2.05) is 12.3 Å². The number of aromatic nitrogens is 1. The average molecular weight is 352 g/mol. The number of aliphatic hydroxyl groups excluding tert-OH is 1. The van der Waals surface area contributed by atoms with Gasteiger partial charge in [-0.3, -0.25) is 0 Å². The predicted octanol–water partition coefficient (Wildman–Crippen LogP) is 4.43. The Morgan fingerprint density at radius 3 is 2.96 bits per heavy atom. The van der Waals surface area contributed by atoms with E-state index in [9.17, 15) is 4.39 Å². The third-order valence-corrected chi connectivity index (χ3v) is 4.50. The molecule has 0 unspecified atom stereocenters. The minimum atomic E-state index is -0.227. The number of allylic oxidation sites excluding steroid dienone is 1. The summed E-state index contributed by atoms with van der Waals surface area (Å²) < 4.78 is 13.4. The van der Waals surface area contributed by atoms with Crippen LogP contribution >= 0.6 is 0 Å². The smallest absolute Gasteiger partial charge is 0.125 e. The van der Waals surface area contributed by atoms with E-state index < -0.39 is 0 Å². The van der Waals surface area contributed by atoms with E-state index in [-0.39, 0.29) is 12.4 Å². The molecular formula is C22H25FN2O. The van der Waals surface area contributed by atoms with Crippen LogP contribution in [0, 0.1) is 5.82 Å². The van der Waals surface area contributed by atoms with Crippen LogP contribution in [0.1, 0.15) is 18.9 Å². The molecule has 0 atom stereocenters. The summed E-state index contributed by atoms with van der Waals surface area (Å²) in [5.74, 6) is -0.227. The Kier molecular flexibility index (Phi) is 6.21. The number of hydrogen-bond acceptors (Lipinski definition) is 2. The van der Waals surface area contributed by atoms with E-state index in [0.717, 1.165) is 41.4 Å². The second kappa shape index (κ2) is 8.79. The number of fused-ring (bicyclic) bond motifs is 1. The van der Waals surface area contributed by atoms with Crippen LogP contribution in [0.4, 0.5) is 4.39 Å². The quantitative estimate of drug-likeness (QED) is 0.415. The normalized spacial score (nSPS) is 12.0. The van der Waals surface area contributed by atoms with Gasteiger partial charge in [0.25, 0.3) is 0 Å². The molecule has 3 rings (SSSR count). The molecule has 0 amide bonds. The topological polar surface area (TPSA) is 48.0 Å². The summed E-state index contributed by atoms with van der Waals surface area (Å²) in [4.78, 5) is 3.16. The van der Waals surface area contributed by atoms with Gasteiger partial charge >= 0.3 is 0 Å². The maximum absolute atomic E-state index is 13.4. The molecule has 0 saturated heterocycles. The molecule has 0 spiro atoms. The Morgan fingerprint density at radius 2 is 2.12 bits per heavy atom. The molecule has 1 heterocycles. The number of nitrogens with one attached hydrogen (secondary N) is 2. The van der Waals surface area contributed by atoms with E-state index in [4.69, 9.17) is 5.11 Å². The fourth-order valence-corrected chi connectivity index (χ4v) is 3.15. The highest BCUT2D eigenvalue weighted by molar-refractivity contribution is 5.95. The van der Waals surface area contributed by atoms with Gasteiger partial charge < -0.3 is 15.4 Å². The second-order valence-corrected chi connectivity index (χ2v) is 6.58. The number of halogens is 1. The van der Waals surface area contributed by atoms with Crippen molar-refractivity contribution >= 4 is 10.9 Å². The molecule has 3 N–H and O–H groups in total. The molecule has 4 heteroatoms. The third-order valence-electron chi connectivity index (χ3n) is 4.50. The number of aromatic amines is 1. The number of H-pyrrole nitrogens is 1. The van der Waals surface area contributed by atoms with Gasteiger partial charge in [-0.15, -0.1) is 0 Å². The number of rotatable bonds is 8. The van der Waals surface area contributed by atoms with Crippen LogP contribution < -0.4 is 5.32 Å². The number of aliphatic hydroxyl groups is 1. The molecule has 3 nitrogen and oxygen atoms in total. The fourth-order valence-electron chi connectivity index (χ4n) is 3.15. The minimum absolute atomic E-state index is 0.167. The van der Waals surface area contributed by atoms with Gasteiger partial charge in [0.2, 0.25) is 0 Å². The lowest BCUT2D eigenvalue weighted by Crippen LogP contribution is -2.19. The first-order valence-corrected chi connectivity index (χ1v) is 9.00. The van der Waals surface area contributed by atoms with E-state index in [2.05, 4.69) is 47.6 Å². The first-order chi connectivity index (χ1) is 12.7. The van der Waals surface area contributed by atoms with Gasteiger partial charge in [-0.1, -0.05) is 35.9 Å². The summed E-state index contributed by atoms with van der Waals surface area (Å²) in [6.07, 6.45) is 6.14. The molecule has 0 fully saturated rings. The van der Waals surface area contributed by atoms with Crippen molar-refractivity contribution in [3.8, 4) is 11.1 Å². The SMILES string of the molecule is CC(=CCCc1cccc(-c2c[nH]c3cc(F)ccc23)c1)CNCCO. The summed E-state index contributed by atoms with van der Waals surface area (Å²) >= 11 is 0. The standard InChI is InChI=1S/C22H25FN2O/c1-16(14-24-10-11-26)4-2-5-17-6-3-7-18(12-17)21-15-25-22-13-19(23)8-9-20(21)22/h3-4,6-9,12-13,15,24-26H,2,5,10-11,14H2,1H3. The van der Waals surface area contributed by atoms with Gasteiger partial charge in [-0.05, 0) is 49.1 Å². The summed E-state index contributed by atoms with van der Waals surface area (Å²) in [6, 6.07) is 13.4. The first-order valence-electron chi connectivity index (χ1n) is 9.00. The van der Waals surface area contributed by atoms with Crippen LogP contribution in [0.5, 0.6) is 0 Å². The fraction of sp³-hybridized carbons (Fsp3) is 0.273. The molecule has 1 aromatic heterocycles. The van der Waals surface area contributed by atoms with Crippen molar-refractivity contribution in [2.24, 2.45) is 0 Å². The highest BCUT2D eigenvalue weighted by atomic mass is 19.1. The van der Waals surface area contributed by atoms with Gasteiger partial charge in [0, 0.05) is 35.8 Å². The highest BCUT2D eigenvalue weighted by Gasteiger charge is 2.07. The molecule has 136 valence electrons.